The maximum atomic E-state index is 12.1. The van der Waals surface area contributed by atoms with Gasteiger partial charge >= 0.3 is 17.9 Å². The van der Waals surface area contributed by atoms with Gasteiger partial charge in [0.1, 0.15) is 6.61 Å². The van der Waals surface area contributed by atoms with Crippen LogP contribution in [-0.4, -0.2) is 47.4 Å². The lowest BCUT2D eigenvalue weighted by molar-refractivity contribution is -0.161. The minimum absolute atomic E-state index is 0.0709. The largest absolute Gasteiger partial charge is 0.481 e. The van der Waals surface area contributed by atoms with E-state index in [4.69, 9.17) is 14.6 Å². The molecule has 7 nitrogen and oxygen atoms in total. The zero-order valence-corrected chi connectivity index (χ0v) is 42.6. The van der Waals surface area contributed by atoms with Gasteiger partial charge in [-0.1, -0.05) is 211 Å². The van der Waals surface area contributed by atoms with Crippen molar-refractivity contribution >= 4 is 17.9 Å². The van der Waals surface area contributed by atoms with E-state index in [0.29, 0.717) is 19.3 Å². The smallest absolute Gasteiger partial charge is 0.306 e. The Balaban J connectivity index is 0. The normalized spacial score (nSPS) is 12.0. The molecule has 0 fully saturated rings. The third kappa shape index (κ3) is 57.6. The minimum Gasteiger partial charge on any atom is -0.481 e. The minimum atomic E-state index is -0.774. The highest BCUT2D eigenvalue weighted by Crippen LogP contribution is 2.14. The molecule has 7 heteroatoms. The lowest BCUT2D eigenvalue weighted by Gasteiger charge is -2.15. The Morgan fingerprint density at radius 3 is 0.938 bits per heavy atom. The number of hydrogen-bond donors (Lipinski definition) is 2. The molecular weight excluding hydrogens is 797 g/mol. The van der Waals surface area contributed by atoms with Crippen molar-refractivity contribution in [2.45, 2.75) is 297 Å². The molecule has 0 aliphatic heterocycles. The molecule has 0 aliphatic rings. The molecule has 0 spiro atoms. The van der Waals surface area contributed by atoms with E-state index in [1.165, 1.54) is 186 Å². The van der Waals surface area contributed by atoms with E-state index < -0.39 is 12.1 Å². The Bertz CT molecular complexity index is 1050. The number of rotatable bonds is 49. The van der Waals surface area contributed by atoms with Crippen molar-refractivity contribution in [3.05, 3.63) is 36.5 Å². The van der Waals surface area contributed by atoms with Crippen LogP contribution in [0.3, 0.4) is 0 Å². The molecule has 0 bridgehead atoms. The lowest BCUT2D eigenvalue weighted by Crippen LogP contribution is -2.28. The molecule has 0 aromatic heterocycles. The van der Waals surface area contributed by atoms with Crippen molar-refractivity contribution in [1.82, 2.24) is 0 Å². The first-order valence-electron chi connectivity index (χ1n) is 27.5. The van der Waals surface area contributed by atoms with Gasteiger partial charge in [0.05, 0.1) is 6.61 Å². The SMILES string of the molecule is CCCCCCCC/C=C\CCCCCCCC(=O)O.CCCCCCCC/C=C\CCCCCCCC(=O)OCC(CO)OC(=O)CCCCCCC/C=C\CCCCCCCC. The highest BCUT2D eigenvalue weighted by atomic mass is 16.6. The quantitative estimate of drug-likeness (QED) is 0.0355. The molecule has 0 rings (SSSR count). The van der Waals surface area contributed by atoms with Crippen LogP contribution in [0.5, 0.6) is 0 Å². The summed E-state index contributed by atoms with van der Waals surface area (Å²) < 4.78 is 10.6. The summed E-state index contributed by atoms with van der Waals surface area (Å²) in [6.07, 6.45) is 62.1. The van der Waals surface area contributed by atoms with Gasteiger partial charge in [0.2, 0.25) is 0 Å². The van der Waals surface area contributed by atoms with Gasteiger partial charge in [-0.05, 0) is 96.3 Å². The highest BCUT2D eigenvalue weighted by molar-refractivity contribution is 5.70. The molecule has 2 N–H and O–H groups in total. The molecule has 0 amide bonds. The van der Waals surface area contributed by atoms with Gasteiger partial charge in [0.25, 0.3) is 0 Å². The molecule has 0 saturated heterocycles. The van der Waals surface area contributed by atoms with E-state index in [1.807, 2.05) is 0 Å². The number of allylic oxidation sites excluding steroid dienone is 6. The summed E-state index contributed by atoms with van der Waals surface area (Å²) in [4.78, 5) is 34.5. The third-order valence-corrected chi connectivity index (χ3v) is 11.9. The standard InChI is InChI=1S/C39H72O5.C18H34O2/c1-3-5-7-9-11-13-15-17-19-21-23-25-27-29-31-33-38(41)43-36-37(35-40)44-39(42)34-32-30-28-26-24-22-20-18-16-14-12-10-8-6-4-2;1-2-3-4-5-6-7-8-9-10-11-12-13-14-15-16-17-18(19)20/h17-20,37,40H,3-16,21-36H2,1-2H3;9-10H,2-8,11-17H2,1H3,(H,19,20)/b19-17-,20-18-;10-9-. The van der Waals surface area contributed by atoms with Crippen LogP contribution in [0.25, 0.3) is 0 Å². The number of aliphatic hydroxyl groups is 1. The number of ether oxygens (including phenoxy) is 2. The molecular formula is C57H106O7. The molecule has 0 radical (unpaired) electrons. The number of unbranched alkanes of at least 4 members (excludes halogenated alkanes) is 33. The van der Waals surface area contributed by atoms with Crippen molar-refractivity contribution < 1.29 is 34.1 Å². The molecule has 64 heavy (non-hydrogen) atoms. The molecule has 0 saturated carbocycles. The second kappa shape index (κ2) is 56.7. The Morgan fingerprint density at radius 2 is 0.641 bits per heavy atom. The summed E-state index contributed by atoms with van der Waals surface area (Å²) in [7, 11) is 0. The van der Waals surface area contributed by atoms with Crippen molar-refractivity contribution in [2.75, 3.05) is 13.2 Å². The first-order valence-corrected chi connectivity index (χ1v) is 27.5. The molecule has 1 atom stereocenters. The number of aliphatic carboxylic acids is 1. The molecule has 1 unspecified atom stereocenters. The van der Waals surface area contributed by atoms with Crippen LogP contribution in [0.2, 0.25) is 0 Å². The van der Waals surface area contributed by atoms with Crippen molar-refractivity contribution in [3.8, 4) is 0 Å². The Kier molecular flexibility index (Phi) is 56.4. The molecule has 0 heterocycles. The summed E-state index contributed by atoms with van der Waals surface area (Å²) in [6.45, 7) is 6.37. The average Bonchev–Trinajstić information content (AvgIpc) is 3.29. The maximum Gasteiger partial charge on any atom is 0.306 e. The van der Waals surface area contributed by atoms with E-state index >= 15 is 0 Å². The van der Waals surface area contributed by atoms with Crippen LogP contribution in [-0.2, 0) is 23.9 Å². The number of esters is 2. The number of carbonyl (C=O) groups excluding carboxylic acids is 2. The van der Waals surface area contributed by atoms with Crippen LogP contribution in [0, 0.1) is 0 Å². The van der Waals surface area contributed by atoms with E-state index in [-0.39, 0.29) is 25.2 Å². The van der Waals surface area contributed by atoms with Crippen LogP contribution in [0.1, 0.15) is 290 Å². The highest BCUT2D eigenvalue weighted by Gasteiger charge is 2.16. The molecule has 0 aliphatic carbocycles. The Hall–Kier alpha value is -2.41. The number of carboxylic acid groups (broad SMARTS) is 1. The number of carboxylic acids is 1. The average molecular weight is 903 g/mol. The summed E-state index contributed by atoms with van der Waals surface area (Å²) in [5.74, 6) is -1.27. The van der Waals surface area contributed by atoms with Crippen LogP contribution in [0.15, 0.2) is 36.5 Å². The predicted molar refractivity (Wildman–Crippen MR) is 274 cm³/mol. The molecule has 0 aromatic carbocycles. The van der Waals surface area contributed by atoms with E-state index in [9.17, 15) is 19.5 Å². The van der Waals surface area contributed by atoms with Gasteiger partial charge in [0, 0.05) is 19.3 Å². The summed E-state index contributed by atoms with van der Waals surface area (Å²) >= 11 is 0. The number of aliphatic hydroxyl groups excluding tert-OH is 1. The molecule has 376 valence electrons. The van der Waals surface area contributed by atoms with Crippen molar-refractivity contribution in [2.24, 2.45) is 0 Å². The zero-order chi connectivity index (χ0) is 47.1. The summed E-state index contributed by atoms with van der Waals surface area (Å²) in [5.41, 5.74) is 0. The predicted octanol–water partition coefficient (Wildman–Crippen LogP) is 17.6. The van der Waals surface area contributed by atoms with Gasteiger partial charge in [0.15, 0.2) is 6.10 Å². The first kappa shape index (κ1) is 63.7. The van der Waals surface area contributed by atoms with Crippen LogP contribution >= 0.6 is 0 Å². The van der Waals surface area contributed by atoms with Gasteiger partial charge in [-0.15, -0.1) is 0 Å². The zero-order valence-electron chi connectivity index (χ0n) is 42.6. The topological polar surface area (TPSA) is 110 Å². The fourth-order valence-electron chi connectivity index (χ4n) is 7.65. The van der Waals surface area contributed by atoms with Gasteiger partial charge in [-0.25, -0.2) is 0 Å². The number of hydrogen-bond acceptors (Lipinski definition) is 6. The fraction of sp³-hybridized carbons (Fsp3) is 0.842. The van der Waals surface area contributed by atoms with Crippen LogP contribution in [0.4, 0.5) is 0 Å². The van der Waals surface area contributed by atoms with E-state index in [1.54, 1.807) is 0 Å². The summed E-state index contributed by atoms with van der Waals surface area (Å²) in [5, 5.41) is 18.0. The van der Waals surface area contributed by atoms with E-state index in [2.05, 4.69) is 57.2 Å². The Morgan fingerprint density at radius 1 is 0.375 bits per heavy atom. The van der Waals surface area contributed by atoms with Crippen molar-refractivity contribution in [3.63, 3.8) is 0 Å². The second-order valence-corrected chi connectivity index (χ2v) is 18.4. The monoisotopic (exact) mass is 903 g/mol. The van der Waals surface area contributed by atoms with Gasteiger partial charge in [-0.3, -0.25) is 14.4 Å². The molecule has 0 aromatic rings. The third-order valence-electron chi connectivity index (χ3n) is 11.9. The van der Waals surface area contributed by atoms with Gasteiger partial charge in [-0.2, -0.15) is 0 Å². The summed E-state index contributed by atoms with van der Waals surface area (Å²) in [6, 6.07) is 0. The van der Waals surface area contributed by atoms with Gasteiger partial charge < -0.3 is 19.7 Å². The lowest BCUT2D eigenvalue weighted by atomic mass is 10.1. The van der Waals surface area contributed by atoms with Crippen molar-refractivity contribution in [1.29, 1.82) is 0 Å². The van der Waals surface area contributed by atoms with Crippen LogP contribution < -0.4 is 0 Å². The number of carbonyl (C=O) groups is 3. The maximum absolute atomic E-state index is 12.1. The second-order valence-electron chi connectivity index (χ2n) is 18.4. The fourth-order valence-corrected chi connectivity index (χ4v) is 7.65. The Labute approximate surface area is 396 Å². The first-order chi connectivity index (χ1) is 31.4. The van der Waals surface area contributed by atoms with E-state index in [0.717, 1.165) is 64.2 Å².